The smallest absolute Gasteiger partial charge is 0.338 e. The highest BCUT2D eigenvalue weighted by molar-refractivity contribution is 6.00. The number of benzene rings is 2. The second kappa shape index (κ2) is 9.77. The molecule has 2 aromatic carbocycles. The second-order valence-corrected chi connectivity index (χ2v) is 8.01. The van der Waals surface area contributed by atoms with E-state index >= 15 is 0 Å². The molecule has 1 aliphatic heterocycles. The predicted molar refractivity (Wildman–Crippen MR) is 124 cm³/mol. The maximum absolute atomic E-state index is 12.8. The highest BCUT2D eigenvalue weighted by atomic mass is 16.5. The maximum atomic E-state index is 12.8. The van der Waals surface area contributed by atoms with E-state index in [4.69, 9.17) is 4.74 Å². The van der Waals surface area contributed by atoms with Gasteiger partial charge in [0.1, 0.15) is 5.82 Å². The van der Waals surface area contributed by atoms with Crippen molar-refractivity contribution in [3.63, 3.8) is 0 Å². The third kappa shape index (κ3) is 5.00. The fourth-order valence-electron chi connectivity index (χ4n) is 3.83. The minimum absolute atomic E-state index is 0.0921. The van der Waals surface area contributed by atoms with Gasteiger partial charge in [0.25, 0.3) is 5.56 Å². The molecule has 8 nitrogen and oxygen atoms in total. The lowest BCUT2D eigenvalue weighted by atomic mass is 10.1. The van der Waals surface area contributed by atoms with Crippen molar-refractivity contribution in [2.45, 2.75) is 45.6 Å². The number of fused-ring (bicyclic) bond motifs is 2. The van der Waals surface area contributed by atoms with E-state index in [0.717, 1.165) is 31.5 Å². The zero-order valence-electron chi connectivity index (χ0n) is 18.4. The van der Waals surface area contributed by atoms with Crippen LogP contribution in [0.15, 0.2) is 47.3 Å². The van der Waals surface area contributed by atoms with Gasteiger partial charge in [0.05, 0.1) is 16.5 Å². The predicted octanol–water partition coefficient (Wildman–Crippen LogP) is 3.51. The number of amides is 1. The van der Waals surface area contributed by atoms with Gasteiger partial charge < -0.3 is 10.1 Å². The molecule has 0 saturated heterocycles. The summed E-state index contributed by atoms with van der Waals surface area (Å²) in [4.78, 5) is 53.8. The Bertz CT molecular complexity index is 1280. The molecule has 1 N–H and O–H groups in total. The molecule has 0 spiro atoms. The van der Waals surface area contributed by atoms with E-state index in [1.807, 2.05) is 0 Å². The van der Waals surface area contributed by atoms with Crippen molar-refractivity contribution >= 4 is 34.3 Å². The lowest BCUT2D eigenvalue weighted by Crippen LogP contribution is -2.24. The van der Waals surface area contributed by atoms with Gasteiger partial charge in [0.15, 0.2) is 12.4 Å². The van der Waals surface area contributed by atoms with E-state index in [9.17, 15) is 19.2 Å². The molecular weight excluding hydrogens is 422 g/mol. The van der Waals surface area contributed by atoms with E-state index in [1.54, 1.807) is 47.9 Å². The Hall–Kier alpha value is -3.81. The van der Waals surface area contributed by atoms with Crippen LogP contribution in [0.3, 0.4) is 0 Å². The standard InChI is InChI=1S/C25H25N3O5/c1-2-23(30)26-18-10-7-16(8-11-18)21(29)15-33-25(32)17-9-12-19-20(14-17)27-22-6-4-3-5-13-28(22)24(19)31/h7-12,14H,2-6,13,15H2,1H3,(H,26,30). The summed E-state index contributed by atoms with van der Waals surface area (Å²) in [5.74, 6) is -0.399. The number of esters is 1. The van der Waals surface area contributed by atoms with Gasteiger partial charge >= 0.3 is 5.97 Å². The number of anilines is 1. The molecule has 170 valence electrons. The third-order valence-electron chi connectivity index (χ3n) is 5.70. The number of rotatable bonds is 6. The van der Waals surface area contributed by atoms with Gasteiger partial charge in [-0.05, 0) is 55.3 Å². The Balaban J connectivity index is 1.45. The summed E-state index contributed by atoms with van der Waals surface area (Å²) in [6.45, 7) is 1.99. The van der Waals surface area contributed by atoms with E-state index < -0.39 is 12.6 Å². The molecule has 0 atom stereocenters. The van der Waals surface area contributed by atoms with Gasteiger partial charge in [-0.25, -0.2) is 9.78 Å². The first-order valence-electron chi connectivity index (χ1n) is 11.1. The number of carbonyl (C=O) groups is 3. The zero-order valence-corrected chi connectivity index (χ0v) is 18.4. The highest BCUT2D eigenvalue weighted by Gasteiger charge is 2.17. The minimum atomic E-state index is -0.658. The van der Waals surface area contributed by atoms with E-state index in [1.165, 1.54) is 6.07 Å². The lowest BCUT2D eigenvalue weighted by molar-refractivity contribution is -0.115. The number of hydrogen-bond donors (Lipinski definition) is 1. The van der Waals surface area contributed by atoms with Gasteiger partial charge in [-0.3, -0.25) is 19.0 Å². The van der Waals surface area contributed by atoms with Gasteiger partial charge in [0.2, 0.25) is 5.91 Å². The van der Waals surface area contributed by atoms with Crippen LogP contribution < -0.4 is 10.9 Å². The number of carbonyl (C=O) groups excluding carboxylic acids is 3. The Morgan fingerprint density at radius 2 is 1.79 bits per heavy atom. The van der Waals surface area contributed by atoms with Crippen molar-refractivity contribution < 1.29 is 19.1 Å². The van der Waals surface area contributed by atoms with Crippen LogP contribution in [0.1, 0.15) is 59.1 Å². The van der Waals surface area contributed by atoms with Crippen LogP contribution in [0.25, 0.3) is 10.9 Å². The van der Waals surface area contributed by atoms with Crippen LogP contribution in [0.2, 0.25) is 0 Å². The van der Waals surface area contributed by atoms with Gasteiger partial charge in [0, 0.05) is 30.6 Å². The van der Waals surface area contributed by atoms with Crippen molar-refractivity contribution in [2.75, 3.05) is 11.9 Å². The first-order valence-corrected chi connectivity index (χ1v) is 11.1. The number of ketones is 1. The molecule has 0 bridgehead atoms. The van der Waals surface area contributed by atoms with Crippen LogP contribution in [-0.2, 0) is 22.5 Å². The number of Topliss-reactive ketones (excluding diaryl/α,β-unsaturated/α-hetero) is 1. The summed E-state index contributed by atoms with van der Waals surface area (Å²) in [6, 6.07) is 11.0. The van der Waals surface area contributed by atoms with Crippen molar-refractivity contribution in [3.05, 3.63) is 69.8 Å². The van der Waals surface area contributed by atoms with E-state index in [0.29, 0.717) is 35.1 Å². The molecular formula is C25H25N3O5. The molecule has 0 radical (unpaired) electrons. The molecule has 0 unspecified atom stereocenters. The normalized spacial score (nSPS) is 13.1. The Kier molecular flexibility index (Phi) is 6.63. The largest absolute Gasteiger partial charge is 0.454 e. The number of nitrogens with zero attached hydrogens (tertiary/aromatic N) is 2. The average Bonchev–Trinajstić information content (AvgIpc) is 3.08. The number of aromatic nitrogens is 2. The number of aryl methyl sites for hydroxylation is 1. The quantitative estimate of drug-likeness (QED) is 0.458. The lowest BCUT2D eigenvalue weighted by Gasteiger charge is -2.11. The Morgan fingerprint density at radius 1 is 1.03 bits per heavy atom. The fourth-order valence-corrected chi connectivity index (χ4v) is 3.83. The summed E-state index contributed by atoms with van der Waals surface area (Å²) >= 11 is 0. The van der Waals surface area contributed by atoms with Crippen LogP contribution in [0.5, 0.6) is 0 Å². The molecule has 33 heavy (non-hydrogen) atoms. The first kappa shape index (κ1) is 22.4. The van der Waals surface area contributed by atoms with Crippen molar-refractivity contribution in [3.8, 4) is 0 Å². The molecule has 0 fully saturated rings. The molecule has 0 aliphatic carbocycles. The molecule has 1 aliphatic rings. The van der Waals surface area contributed by atoms with Crippen molar-refractivity contribution in [1.29, 1.82) is 0 Å². The number of nitrogens with one attached hydrogen (secondary N) is 1. The second-order valence-electron chi connectivity index (χ2n) is 8.01. The van der Waals surface area contributed by atoms with Gasteiger partial charge in [-0.2, -0.15) is 0 Å². The zero-order chi connectivity index (χ0) is 23.4. The molecule has 2 heterocycles. The van der Waals surface area contributed by atoms with E-state index in [-0.39, 0.29) is 22.8 Å². The topological polar surface area (TPSA) is 107 Å². The van der Waals surface area contributed by atoms with Crippen LogP contribution in [-0.4, -0.2) is 33.8 Å². The molecule has 8 heteroatoms. The number of ether oxygens (including phenoxy) is 1. The monoisotopic (exact) mass is 447 g/mol. The van der Waals surface area contributed by atoms with E-state index in [2.05, 4.69) is 10.3 Å². The molecule has 0 saturated carbocycles. The Morgan fingerprint density at radius 3 is 2.55 bits per heavy atom. The van der Waals surface area contributed by atoms with Crippen LogP contribution in [0, 0.1) is 0 Å². The first-order chi connectivity index (χ1) is 16.0. The Labute approximate surface area is 190 Å². The SMILES string of the molecule is CCC(=O)Nc1ccc(C(=O)COC(=O)c2ccc3c(=O)n4c(nc3c2)CCCCC4)cc1. The summed E-state index contributed by atoms with van der Waals surface area (Å²) in [5.41, 5.74) is 1.56. The third-order valence-corrected chi connectivity index (χ3v) is 5.70. The molecule has 3 aromatic rings. The molecule has 4 rings (SSSR count). The summed E-state index contributed by atoms with van der Waals surface area (Å²) < 4.78 is 6.93. The summed E-state index contributed by atoms with van der Waals surface area (Å²) in [5, 5.41) is 3.17. The van der Waals surface area contributed by atoms with Crippen molar-refractivity contribution in [2.24, 2.45) is 0 Å². The fraction of sp³-hybridized carbons (Fsp3) is 0.320. The minimum Gasteiger partial charge on any atom is -0.454 e. The summed E-state index contributed by atoms with van der Waals surface area (Å²) in [6.07, 6.45) is 4.08. The highest BCUT2D eigenvalue weighted by Crippen LogP contribution is 2.17. The van der Waals surface area contributed by atoms with Gasteiger partial charge in [-0.15, -0.1) is 0 Å². The average molecular weight is 447 g/mol. The van der Waals surface area contributed by atoms with Crippen LogP contribution in [0.4, 0.5) is 5.69 Å². The summed E-state index contributed by atoms with van der Waals surface area (Å²) in [7, 11) is 0. The van der Waals surface area contributed by atoms with Gasteiger partial charge in [-0.1, -0.05) is 13.3 Å². The molecule has 1 amide bonds. The molecule has 1 aromatic heterocycles. The number of hydrogen-bond acceptors (Lipinski definition) is 6. The van der Waals surface area contributed by atoms with Crippen molar-refractivity contribution in [1.82, 2.24) is 9.55 Å². The van der Waals surface area contributed by atoms with Crippen LogP contribution >= 0.6 is 0 Å². The maximum Gasteiger partial charge on any atom is 0.338 e.